The fraction of sp³-hybridized carbons (Fsp3) is 0.176. The Balaban J connectivity index is 1.92. The predicted octanol–water partition coefficient (Wildman–Crippen LogP) is 3.87. The molecule has 2 N–H and O–H groups in total. The van der Waals surface area contributed by atoms with Crippen molar-refractivity contribution in [1.29, 1.82) is 0 Å². The molecule has 2 aromatic carbocycles. The van der Waals surface area contributed by atoms with E-state index in [0.717, 1.165) is 16.8 Å². The van der Waals surface area contributed by atoms with Crippen LogP contribution in [0.25, 0.3) is 0 Å². The number of hydrogen-bond donors (Lipinski definition) is 2. The van der Waals surface area contributed by atoms with Gasteiger partial charge < -0.3 is 10.2 Å². The number of carbonyl (C=O) groups excluding carboxylic acids is 1. The van der Waals surface area contributed by atoms with E-state index in [1.807, 2.05) is 50.2 Å². The van der Waals surface area contributed by atoms with Crippen molar-refractivity contribution in [2.75, 3.05) is 24.3 Å². The fourth-order valence-corrected chi connectivity index (χ4v) is 2.09. The molecule has 0 aliphatic heterocycles. The zero-order valence-corrected chi connectivity index (χ0v) is 14.1. The number of benzene rings is 2. The van der Waals surface area contributed by atoms with Crippen molar-refractivity contribution in [3.05, 3.63) is 58.6 Å². The van der Waals surface area contributed by atoms with Gasteiger partial charge in [0.15, 0.2) is 0 Å². The van der Waals surface area contributed by atoms with Crippen LogP contribution in [0, 0.1) is 6.92 Å². The van der Waals surface area contributed by atoms with Crippen molar-refractivity contribution in [1.82, 2.24) is 5.43 Å². The molecule has 0 unspecified atom stereocenters. The highest BCUT2D eigenvalue weighted by molar-refractivity contribution is 6.31. The van der Waals surface area contributed by atoms with E-state index in [1.54, 1.807) is 24.4 Å². The Bertz CT molecular complexity index is 711. The second kappa shape index (κ2) is 7.65. The fourth-order valence-electron chi connectivity index (χ4n) is 1.92. The number of hydrazone groups is 1. The highest BCUT2D eigenvalue weighted by atomic mass is 35.5. The quantitative estimate of drug-likeness (QED) is 0.660. The normalized spacial score (nSPS) is 10.6. The first-order chi connectivity index (χ1) is 11.0. The highest BCUT2D eigenvalue weighted by Crippen LogP contribution is 2.22. The lowest BCUT2D eigenvalue weighted by atomic mass is 10.2. The number of urea groups is 1. The van der Waals surface area contributed by atoms with E-state index in [0.29, 0.717) is 10.7 Å². The van der Waals surface area contributed by atoms with Gasteiger partial charge in [0, 0.05) is 30.5 Å². The first-order valence-electron chi connectivity index (χ1n) is 7.10. The van der Waals surface area contributed by atoms with Gasteiger partial charge in [0.05, 0.1) is 6.21 Å². The van der Waals surface area contributed by atoms with Gasteiger partial charge in [-0.15, -0.1) is 0 Å². The second-order valence-electron chi connectivity index (χ2n) is 5.22. The largest absolute Gasteiger partial charge is 0.378 e. The van der Waals surface area contributed by atoms with Gasteiger partial charge in [0.25, 0.3) is 0 Å². The molecule has 0 atom stereocenters. The van der Waals surface area contributed by atoms with Crippen LogP contribution in [0.2, 0.25) is 5.02 Å². The number of anilines is 2. The lowest BCUT2D eigenvalue weighted by Crippen LogP contribution is -2.24. The van der Waals surface area contributed by atoms with Crippen LogP contribution in [0.3, 0.4) is 0 Å². The third-order valence-electron chi connectivity index (χ3n) is 3.31. The molecule has 120 valence electrons. The maximum atomic E-state index is 11.8. The van der Waals surface area contributed by atoms with Crippen molar-refractivity contribution in [2.24, 2.45) is 5.10 Å². The van der Waals surface area contributed by atoms with Crippen LogP contribution >= 0.6 is 11.6 Å². The summed E-state index contributed by atoms with van der Waals surface area (Å²) in [6.45, 7) is 1.84. The van der Waals surface area contributed by atoms with Gasteiger partial charge in [-0.05, 0) is 42.3 Å². The van der Waals surface area contributed by atoms with E-state index in [-0.39, 0.29) is 0 Å². The van der Waals surface area contributed by atoms with E-state index in [4.69, 9.17) is 11.6 Å². The van der Waals surface area contributed by atoms with Crippen molar-refractivity contribution >= 4 is 35.2 Å². The summed E-state index contributed by atoms with van der Waals surface area (Å²) in [5, 5.41) is 7.24. The Labute approximate surface area is 141 Å². The Kier molecular flexibility index (Phi) is 5.60. The molecule has 2 aromatic rings. The summed E-state index contributed by atoms with van der Waals surface area (Å²) >= 11 is 6.01. The standard InChI is InChI=1S/C17H19ClN4O/c1-12-15(18)5-4-6-16(12)20-17(23)21-19-11-13-7-9-14(10-8-13)22(2)3/h4-11H,1-3H3,(H2,20,21,23)/b19-11+. The van der Waals surface area contributed by atoms with Crippen LogP contribution in [0.1, 0.15) is 11.1 Å². The molecular weight excluding hydrogens is 312 g/mol. The summed E-state index contributed by atoms with van der Waals surface area (Å²) in [6.07, 6.45) is 1.59. The van der Waals surface area contributed by atoms with Crippen molar-refractivity contribution in [3.8, 4) is 0 Å². The van der Waals surface area contributed by atoms with E-state index in [9.17, 15) is 4.79 Å². The molecule has 0 aliphatic carbocycles. The minimum Gasteiger partial charge on any atom is -0.378 e. The summed E-state index contributed by atoms with van der Waals surface area (Å²) in [5.74, 6) is 0. The number of amides is 2. The number of rotatable bonds is 4. The van der Waals surface area contributed by atoms with Crippen molar-refractivity contribution < 1.29 is 4.79 Å². The summed E-state index contributed by atoms with van der Waals surface area (Å²) in [7, 11) is 3.96. The first kappa shape index (κ1) is 16.8. The van der Waals surface area contributed by atoms with Crippen LogP contribution < -0.4 is 15.6 Å². The average molecular weight is 331 g/mol. The molecular formula is C17H19ClN4O. The summed E-state index contributed by atoms with van der Waals surface area (Å²) in [6, 6.07) is 12.7. The van der Waals surface area contributed by atoms with Gasteiger partial charge in [-0.25, -0.2) is 10.2 Å². The molecule has 0 radical (unpaired) electrons. The number of nitrogens with one attached hydrogen (secondary N) is 2. The average Bonchev–Trinajstić information content (AvgIpc) is 2.52. The molecule has 0 saturated carbocycles. The van der Waals surface area contributed by atoms with Crippen molar-refractivity contribution in [2.45, 2.75) is 6.92 Å². The Morgan fingerprint density at radius 1 is 1.17 bits per heavy atom. The van der Waals surface area contributed by atoms with Gasteiger partial charge in [-0.2, -0.15) is 5.10 Å². The van der Waals surface area contributed by atoms with Gasteiger partial charge in [-0.1, -0.05) is 29.8 Å². The lowest BCUT2D eigenvalue weighted by Gasteiger charge is -2.11. The smallest absolute Gasteiger partial charge is 0.339 e. The number of nitrogens with zero attached hydrogens (tertiary/aromatic N) is 2. The Morgan fingerprint density at radius 3 is 2.52 bits per heavy atom. The molecule has 0 fully saturated rings. The van der Waals surface area contributed by atoms with Crippen LogP contribution in [0.15, 0.2) is 47.6 Å². The Hall–Kier alpha value is -2.53. The summed E-state index contributed by atoms with van der Waals surface area (Å²) in [5.41, 5.74) is 5.89. The predicted molar refractivity (Wildman–Crippen MR) is 96.7 cm³/mol. The van der Waals surface area contributed by atoms with Crippen LogP contribution in [0.4, 0.5) is 16.2 Å². The molecule has 2 amide bonds. The number of hydrogen-bond acceptors (Lipinski definition) is 3. The monoisotopic (exact) mass is 330 g/mol. The second-order valence-corrected chi connectivity index (χ2v) is 5.63. The van der Waals surface area contributed by atoms with E-state index in [1.165, 1.54) is 0 Å². The summed E-state index contributed by atoms with van der Waals surface area (Å²) < 4.78 is 0. The van der Waals surface area contributed by atoms with Gasteiger partial charge in [0.1, 0.15) is 0 Å². The van der Waals surface area contributed by atoms with Crippen LogP contribution in [0.5, 0.6) is 0 Å². The molecule has 0 aromatic heterocycles. The zero-order chi connectivity index (χ0) is 16.8. The molecule has 0 heterocycles. The minimum absolute atomic E-state index is 0.420. The maximum absolute atomic E-state index is 11.8. The SMILES string of the molecule is Cc1c(Cl)cccc1NC(=O)N/N=C/c1ccc(N(C)C)cc1. The van der Waals surface area contributed by atoms with Crippen LogP contribution in [-0.4, -0.2) is 26.3 Å². The number of halogens is 1. The van der Waals surface area contributed by atoms with Crippen molar-refractivity contribution in [3.63, 3.8) is 0 Å². The lowest BCUT2D eigenvalue weighted by molar-refractivity contribution is 0.252. The first-order valence-corrected chi connectivity index (χ1v) is 7.47. The third-order valence-corrected chi connectivity index (χ3v) is 3.71. The molecule has 0 aliphatic rings. The molecule has 0 bridgehead atoms. The highest BCUT2D eigenvalue weighted by Gasteiger charge is 2.05. The summed E-state index contributed by atoms with van der Waals surface area (Å²) in [4.78, 5) is 13.8. The van der Waals surface area contributed by atoms with E-state index < -0.39 is 6.03 Å². The molecule has 5 nitrogen and oxygen atoms in total. The third kappa shape index (κ3) is 4.72. The van der Waals surface area contributed by atoms with Crippen LogP contribution in [-0.2, 0) is 0 Å². The van der Waals surface area contributed by atoms with E-state index in [2.05, 4.69) is 15.8 Å². The number of carbonyl (C=O) groups is 1. The van der Waals surface area contributed by atoms with Gasteiger partial charge in [-0.3, -0.25) is 0 Å². The van der Waals surface area contributed by atoms with Gasteiger partial charge >= 0.3 is 6.03 Å². The minimum atomic E-state index is -0.420. The molecule has 0 spiro atoms. The maximum Gasteiger partial charge on any atom is 0.339 e. The molecule has 2 rings (SSSR count). The molecule has 23 heavy (non-hydrogen) atoms. The molecule has 6 heteroatoms. The Morgan fingerprint density at radius 2 is 1.87 bits per heavy atom. The zero-order valence-electron chi connectivity index (χ0n) is 13.3. The van der Waals surface area contributed by atoms with E-state index >= 15 is 0 Å². The van der Waals surface area contributed by atoms with Gasteiger partial charge in [0.2, 0.25) is 0 Å². The molecule has 0 saturated heterocycles. The topological polar surface area (TPSA) is 56.7 Å².